The molecule has 10 heteroatoms. The van der Waals surface area contributed by atoms with E-state index in [4.69, 9.17) is 10.5 Å². The lowest BCUT2D eigenvalue weighted by Gasteiger charge is -2.14. The molecule has 0 aliphatic carbocycles. The zero-order valence-electron chi connectivity index (χ0n) is 12.6. The summed E-state index contributed by atoms with van der Waals surface area (Å²) in [7, 11) is 0. The summed E-state index contributed by atoms with van der Waals surface area (Å²) in [6.07, 6.45) is 1.22. The number of hydrogen-bond acceptors (Lipinski definition) is 10. The maximum absolute atomic E-state index is 8.78. The molecule has 2 nitrogen and oxygen atoms in total. The van der Waals surface area contributed by atoms with Crippen molar-refractivity contribution in [3.05, 3.63) is 16.9 Å². The fourth-order valence-electron chi connectivity index (χ4n) is 1.91. The van der Waals surface area contributed by atoms with E-state index in [1.54, 1.807) is 0 Å². The van der Waals surface area contributed by atoms with E-state index >= 15 is 0 Å². The Morgan fingerprint density at radius 3 is 1.75 bits per heavy atom. The lowest BCUT2D eigenvalue weighted by Crippen LogP contribution is -2.08. The molecular formula is C14H14N2S8. The molecule has 0 bridgehead atoms. The Bertz CT molecular complexity index is 567. The number of nitrogens with zero attached hydrogens (tertiary/aromatic N) is 2. The average molecular weight is 467 g/mol. The first kappa shape index (κ1) is 20.0. The molecule has 0 saturated carbocycles. The molecule has 1 fully saturated rings. The molecule has 0 aromatic carbocycles. The van der Waals surface area contributed by atoms with Crippen LogP contribution in [0.1, 0.15) is 12.8 Å². The first-order chi connectivity index (χ1) is 11.8. The minimum Gasteiger partial charge on any atom is -0.198 e. The van der Waals surface area contributed by atoms with Gasteiger partial charge in [-0.1, -0.05) is 23.5 Å². The molecule has 0 aromatic heterocycles. The van der Waals surface area contributed by atoms with Crippen LogP contribution in [0.2, 0.25) is 0 Å². The van der Waals surface area contributed by atoms with Gasteiger partial charge in [0.25, 0.3) is 0 Å². The highest BCUT2D eigenvalue weighted by molar-refractivity contribution is 8.44. The SMILES string of the molecule is N#CCCS[C@@H]1SC(=C2SC3=C(SCCS3)S2)S[C@@H]1SCCC#N. The molecular weight excluding hydrogens is 453 g/mol. The van der Waals surface area contributed by atoms with Crippen LogP contribution in [0.5, 0.6) is 0 Å². The van der Waals surface area contributed by atoms with Crippen molar-refractivity contribution in [2.75, 3.05) is 23.0 Å². The Kier molecular flexibility index (Phi) is 8.80. The molecule has 3 heterocycles. The van der Waals surface area contributed by atoms with Gasteiger partial charge in [0.1, 0.15) is 0 Å². The first-order valence-corrected chi connectivity index (χ1v) is 14.7. The normalized spacial score (nSPS) is 26.4. The Hall–Kier alpha value is 1.26. The predicted molar refractivity (Wildman–Crippen MR) is 122 cm³/mol. The summed E-state index contributed by atoms with van der Waals surface area (Å²) in [4.78, 5) is 0. The third-order valence-electron chi connectivity index (χ3n) is 2.91. The van der Waals surface area contributed by atoms with Gasteiger partial charge in [0.2, 0.25) is 0 Å². The summed E-state index contributed by atoms with van der Waals surface area (Å²) in [5, 5.41) is 17.6. The van der Waals surface area contributed by atoms with Gasteiger partial charge >= 0.3 is 0 Å². The van der Waals surface area contributed by atoms with Crippen LogP contribution in [0.3, 0.4) is 0 Å². The lowest BCUT2D eigenvalue weighted by molar-refractivity contribution is 1.22. The van der Waals surface area contributed by atoms with Crippen molar-refractivity contribution >= 4 is 94.1 Å². The van der Waals surface area contributed by atoms with Gasteiger partial charge in [0, 0.05) is 35.9 Å². The molecule has 0 N–H and O–H groups in total. The third kappa shape index (κ3) is 5.39. The van der Waals surface area contributed by atoms with E-state index in [0.717, 1.165) is 11.5 Å². The number of thioether (sulfide) groups is 8. The smallest absolute Gasteiger partial charge is 0.0769 e. The highest BCUT2D eigenvalue weighted by Gasteiger charge is 2.37. The third-order valence-corrected chi connectivity index (χ3v) is 15.8. The van der Waals surface area contributed by atoms with Crippen molar-refractivity contribution in [2.24, 2.45) is 0 Å². The van der Waals surface area contributed by atoms with Crippen molar-refractivity contribution in [1.29, 1.82) is 10.5 Å². The number of nitriles is 2. The average Bonchev–Trinajstić information content (AvgIpc) is 3.19. The minimum atomic E-state index is 0.480. The molecule has 0 radical (unpaired) electrons. The lowest BCUT2D eigenvalue weighted by atomic mass is 10.6. The van der Waals surface area contributed by atoms with E-state index in [9.17, 15) is 0 Å². The summed E-state index contributed by atoms with van der Waals surface area (Å²) in [6, 6.07) is 4.48. The fourth-order valence-corrected chi connectivity index (χ4v) is 15.1. The van der Waals surface area contributed by atoms with E-state index < -0.39 is 0 Å². The van der Waals surface area contributed by atoms with E-state index in [1.165, 1.54) is 28.5 Å². The summed E-state index contributed by atoms with van der Waals surface area (Å²) >= 11 is 15.7. The summed E-state index contributed by atoms with van der Waals surface area (Å²) in [5.41, 5.74) is 0. The predicted octanol–water partition coefficient (Wildman–Crippen LogP) is 6.63. The van der Waals surface area contributed by atoms with Crippen molar-refractivity contribution in [3.8, 4) is 12.1 Å². The molecule has 0 unspecified atom stereocenters. The first-order valence-electron chi connectivity index (χ1n) is 7.22. The molecule has 0 spiro atoms. The molecule has 2 atom stereocenters. The monoisotopic (exact) mass is 466 g/mol. The van der Waals surface area contributed by atoms with Gasteiger partial charge < -0.3 is 0 Å². The van der Waals surface area contributed by atoms with Gasteiger partial charge in [0.05, 0.1) is 38.3 Å². The Morgan fingerprint density at radius 1 is 0.792 bits per heavy atom. The molecule has 128 valence electrons. The Morgan fingerprint density at radius 2 is 1.29 bits per heavy atom. The van der Waals surface area contributed by atoms with Crippen LogP contribution in [-0.2, 0) is 0 Å². The molecule has 3 aliphatic rings. The second-order valence-electron chi connectivity index (χ2n) is 4.58. The van der Waals surface area contributed by atoms with E-state index in [1.807, 2.05) is 94.1 Å². The second-order valence-corrected chi connectivity index (χ2v) is 15.3. The van der Waals surface area contributed by atoms with Gasteiger partial charge in [-0.25, -0.2) is 0 Å². The molecule has 0 aromatic rings. The quantitative estimate of drug-likeness (QED) is 0.399. The van der Waals surface area contributed by atoms with Crippen LogP contribution < -0.4 is 0 Å². The highest BCUT2D eigenvalue weighted by atomic mass is 32.3. The topological polar surface area (TPSA) is 47.6 Å². The van der Waals surface area contributed by atoms with Crippen molar-refractivity contribution in [3.63, 3.8) is 0 Å². The summed E-state index contributed by atoms with van der Waals surface area (Å²) in [5.74, 6) is 4.24. The van der Waals surface area contributed by atoms with Gasteiger partial charge in [-0.2, -0.15) is 10.5 Å². The number of hydrogen-bond donors (Lipinski definition) is 0. The maximum atomic E-state index is 8.78. The minimum absolute atomic E-state index is 0.480. The standard InChI is InChI=1S/C14H14N2S8/c15-3-1-5-17-9-10(18-6-2-4-16)22-13(21-9)14-23-11-12(24-14)20-8-7-19-11/h9-10H,1-2,5-8H2/t9-,10+. The van der Waals surface area contributed by atoms with Gasteiger partial charge in [-0.05, 0) is 0 Å². The summed E-state index contributed by atoms with van der Waals surface area (Å²) in [6.45, 7) is 0. The largest absolute Gasteiger partial charge is 0.198 e. The van der Waals surface area contributed by atoms with Gasteiger partial charge in [-0.3, -0.25) is 0 Å². The molecule has 0 amide bonds. The van der Waals surface area contributed by atoms with E-state index in [-0.39, 0.29) is 0 Å². The van der Waals surface area contributed by atoms with Crippen LogP contribution in [0.25, 0.3) is 0 Å². The van der Waals surface area contributed by atoms with Crippen molar-refractivity contribution in [1.82, 2.24) is 0 Å². The van der Waals surface area contributed by atoms with Crippen molar-refractivity contribution < 1.29 is 0 Å². The Balaban J connectivity index is 1.64. The fraction of sp³-hybridized carbons (Fsp3) is 0.571. The summed E-state index contributed by atoms with van der Waals surface area (Å²) < 4.78 is 6.85. The zero-order valence-corrected chi connectivity index (χ0v) is 19.1. The van der Waals surface area contributed by atoms with Crippen molar-refractivity contribution in [2.45, 2.75) is 22.0 Å². The van der Waals surface area contributed by atoms with E-state index in [0.29, 0.717) is 22.0 Å². The molecule has 1 saturated heterocycles. The van der Waals surface area contributed by atoms with Crippen LogP contribution in [-0.4, -0.2) is 32.2 Å². The van der Waals surface area contributed by atoms with Gasteiger partial charge in [0.15, 0.2) is 0 Å². The van der Waals surface area contributed by atoms with Crippen LogP contribution in [0, 0.1) is 22.7 Å². The maximum Gasteiger partial charge on any atom is 0.0769 e. The van der Waals surface area contributed by atoms with E-state index in [2.05, 4.69) is 12.1 Å². The van der Waals surface area contributed by atoms with Crippen LogP contribution >= 0.6 is 94.1 Å². The number of rotatable bonds is 6. The zero-order chi connectivity index (χ0) is 16.8. The molecule has 24 heavy (non-hydrogen) atoms. The highest BCUT2D eigenvalue weighted by Crippen LogP contribution is 2.66. The molecule has 3 rings (SSSR count). The Labute approximate surface area is 177 Å². The van der Waals surface area contributed by atoms with Crippen LogP contribution in [0.4, 0.5) is 0 Å². The second kappa shape index (κ2) is 10.6. The van der Waals surface area contributed by atoms with Crippen LogP contribution in [0.15, 0.2) is 16.9 Å². The van der Waals surface area contributed by atoms with Gasteiger partial charge in [-0.15, -0.1) is 70.6 Å². The molecule has 3 aliphatic heterocycles.